The van der Waals surface area contributed by atoms with E-state index in [1.54, 1.807) is 0 Å². The molecule has 2 aliphatic rings. The maximum Gasteiger partial charge on any atom is 0.0827 e. The minimum Gasteiger partial charge on any atom is -0.388 e. The summed E-state index contributed by atoms with van der Waals surface area (Å²) < 4.78 is 0. The van der Waals surface area contributed by atoms with Gasteiger partial charge >= 0.3 is 0 Å². The number of fused-ring (bicyclic) bond motifs is 3. The molecular weight excluding hydrogens is 136 g/mol. The van der Waals surface area contributed by atoms with Gasteiger partial charge in [-0.1, -0.05) is 24.3 Å². The Morgan fingerprint density at radius 3 is 2.64 bits per heavy atom. The molecule has 1 saturated carbocycles. The van der Waals surface area contributed by atoms with Gasteiger partial charge in [0, 0.05) is 0 Å². The number of aliphatic hydroxyl groups is 1. The van der Waals surface area contributed by atoms with Crippen LogP contribution in [0.1, 0.15) is 29.6 Å². The topological polar surface area (TPSA) is 20.2 Å². The summed E-state index contributed by atoms with van der Waals surface area (Å²) in [6, 6.07) is 8.27. The molecule has 0 radical (unpaired) electrons. The number of hydrogen-bond donors (Lipinski definition) is 1. The van der Waals surface area contributed by atoms with E-state index >= 15 is 0 Å². The lowest BCUT2D eigenvalue weighted by Gasteiger charge is -2.06. The molecule has 0 amide bonds. The largest absolute Gasteiger partial charge is 0.388 e. The van der Waals surface area contributed by atoms with E-state index in [2.05, 4.69) is 12.1 Å². The van der Waals surface area contributed by atoms with Crippen LogP contribution in [-0.2, 0) is 0 Å². The van der Waals surface area contributed by atoms with Gasteiger partial charge in [-0.05, 0) is 29.4 Å². The van der Waals surface area contributed by atoms with Gasteiger partial charge in [0.1, 0.15) is 0 Å². The molecule has 0 unspecified atom stereocenters. The van der Waals surface area contributed by atoms with Gasteiger partial charge in [0.2, 0.25) is 0 Å². The van der Waals surface area contributed by atoms with Gasteiger partial charge < -0.3 is 5.11 Å². The molecule has 0 spiro atoms. The lowest BCUT2D eigenvalue weighted by atomic mass is 10.1. The van der Waals surface area contributed by atoms with E-state index in [0.29, 0.717) is 11.8 Å². The van der Waals surface area contributed by atoms with Crippen molar-refractivity contribution in [2.45, 2.75) is 18.4 Å². The van der Waals surface area contributed by atoms with Crippen molar-refractivity contribution >= 4 is 0 Å². The lowest BCUT2D eigenvalue weighted by Crippen LogP contribution is -1.95. The van der Waals surface area contributed by atoms with Crippen molar-refractivity contribution in [2.75, 3.05) is 0 Å². The third-order valence-electron chi connectivity index (χ3n) is 2.96. The van der Waals surface area contributed by atoms with Crippen molar-refractivity contribution < 1.29 is 5.11 Å². The standard InChI is InChI=1S/C10H10O/c11-10-7-4-2-1-3-6(7)8-5-9(8)10/h1-4,8-11H,5H2/t8-,9-,10+/m1/s1. The van der Waals surface area contributed by atoms with Crippen LogP contribution in [0.5, 0.6) is 0 Å². The van der Waals surface area contributed by atoms with Crippen molar-refractivity contribution in [1.29, 1.82) is 0 Å². The second kappa shape index (κ2) is 1.67. The molecule has 2 aliphatic carbocycles. The van der Waals surface area contributed by atoms with Crippen LogP contribution < -0.4 is 0 Å². The Kier molecular flexibility index (Phi) is 0.878. The zero-order valence-electron chi connectivity index (χ0n) is 6.20. The average molecular weight is 146 g/mol. The second-order valence-corrected chi connectivity index (χ2v) is 3.58. The summed E-state index contributed by atoms with van der Waals surface area (Å²) in [7, 11) is 0. The fourth-order valence-electron chi connectivity index (χ4n) is 2.27. The predicted molar refractivity (Wildman–Crippen MR) is 42.2 cm³/mol. The Balaban J connectivity index is 2.22. The molecule has 0 aromatic heterocycles. The number of aliphatic hydroxyl groups excluding tert-OH is 1. The summed E-state index contributed by atoms with van der Waals surface area (Å²) in [6.07, 6.45) is 1.05. The van der Waals surface area contributed by atoms with Gasteiger partial charge in [0.05, 0.1) is 6.10 Å². The summed E-state index contributed by atoms with van der Waals surface area (Å²) in [5.74, 6) is 1.26. The Morgan fingerprint density at radius 2 is 1.91 bits per heavy atom. The van der Waals surface area contributed by atoms with Crippen molar-refractivity contribution in [3.8, 4) is 0 Å². The average Bonchev–Trinajstić information content (AvgIpc) is 2.78. The molecule has 56 valence electrons. The molecule has 11 heavy (non-hydrogen) atoms. The maximum absolute atomic E-state index is 9.69. The summed E-state index contributed by atoms with van der Waals surface area (Å²) in [5.41, 5.74) is 2.57. The van der Waals surface area contributed by atoms with Crippen LogP contribution in [0.15, 0.2) is 24.3 Å². The minimum absolute atomic E-state index is 0.156. The highest BCUT2D eigenvalue weighted by Crippen LogP contribution is 2.61. The van der Waals surface area contributed by atoms with E-state index in [0.717, 1.165) is 0 Å². The fraction of sp³-hybridized carbons (Fsp3) is 0.400. The number of benzene rings is 1. The highest BCUT2D eigenvalue weighted by molar-refractivity contribution is 5.43. The molecule has 3 atom stereocenters. The minimum atomic E-state index is -0.156. The van der Waals surface area contributed by atoms with Gasteiger partial charge in [-0.3, -0.25) is 0 Å². The highest BCUT2D eigenvalue weighted by atomic mass is 16.3. The van der Waals surface area contributed by atoms with E-state index in [9.17, 15) is 5.11 Å². The normalized spacial score (nSPS) is 38.1. The second-order valence-electron chi connectivity index (χ2n) is 3.58. The molecule has 0 bridgehead atoms. The fourth-order valence-corrected chi connectivity index (χ4v) is 2.27. The van der Waals surface area contributed by atoms with Gasteiger partial charge in [-0.2, -0.15) is 0 Å². The molecular formula is C10H10O. The lowest BCUT2D eigenvalue weighted by molar-refractivity contribution is 0.160. The molecule has 1 aromatic carbocycles. The van der Waals surface area contributed by atoms with E-state index in [-0.39, 0.29) is 6.10 Å². The van der Waals surface area contributed by atoms with Crippen LogP contribution in [0, 0.1) is 5.92 Å². The zero-order chi connectivity index (χ0) is 7.42. The van der Waals surface area contributed by atoms with Crippen LogP contribution in [0.3, 0.4) is 0 Å². The third-order valence-corrected chi connectivity index (χ3v) is 2.96. The Labute approximate surface area is 65.7 Å². The van der Waals surface area contributed by atoms with Gasteiger partial charge in [0.15, 0.2) is 0 Å². The molecule has 1 fully saturated rings. The van der Waals surface area contributed by atoms with Crippen molar-refractivity contribution in [3.63, 3.8) is 0 Å². The first-order valence-corrected chi connectivity index (χ1v) is 4.15. The monoisotopic (exact) mass is 146 g/mol. The molecule has 1 N–H and O–H groups in total. The number of rotatable bonds is 0. The molecule has 0 aliphatic heterocycles. The van der Waals surface area contributed by atoms with Crippen LogP contribution in [0.25, 0.3) is 0 Å². The zero-order valence-corrected chi connectivity index (χ0v) is 6.20. The summed E-state index contributed by atoms with van der Waals surface area (Å²) in [4.78, 5) is 0. The van der Waals surface area contributed by atoms with Gasteiger partial charge in [-0.15, -0.1) is 0 Å². The molecule has 1 heteroatoms. The predicted octanol–water partition coefficient (Wildman–Crippen LogP) is 1.84. The van der Waals surface area contributed by atoms with Crippen LogP contribution in [0.4, 0.5) is 0 Å². The smallest absolute Gasteiger partial charge is 0.0827 e. The van der Waals surface area contributed by atoms with Crippen molar-refractivity contribution in [2.24, 2.45) is 5.92 Å². The molecule has 0 heterocycles. The van der Waals surface area contributed by atoms with E-state index in [1.807, 2.05) is 12.1 Å². The van der Waals surface area contributed by atoms with Gasteiger partial charge in [0.25, 0.3) is 0 Å². The molecule has 3 rings (SSSR count). The Morgan fingerprint density at radius 1 is 1.18 bits per heavy atom. The van der Waals surface area contributed by atoms with Crippen LogP contribution in [0.2, 0.25) is 0 Å². The Bertz CT molecular complexity index is 290. The third kappa shape index (κ3) is 0.596. The molecule has 0 saturated heterocycles. The van der Waals surface area contributed by atoms with Crippen molar-refractivity contribution in [3.05, 3.63) is 35.4 Å². The molecule has 1 nitrogen and oxygen atoms in total. The SMILES string of the molecule is O[C@H]1c2ccccc2[C@H]2C[C@H]21. The Hall–Kier alpha value is -0.820. The summed E-state index contributed by atoms with van der Waals surface area (Å²) >= 11 is 0. The van der Waals surface area contributed by atoms with Gasteiger partial charge in [-0.25, -0.2) is 0 Å². The van der Waals surface area contributed by atoms with E-state index in [4.69, 9.17) is 0 Å². The van der Waals surface area contributed by atoms with Crippen LogP contribution in [-0.4, -0.2) is 5.11 Å². The summed E-state index contributed by atoms with van der Waals surface area (Å²) in [6.45, 7) is 0. The number of hydrogen-bond acceptors (Lipinski definition) is 1. The first-order chi connectivity index (χ1) is 5.38. The maximum atomic E-state index is 9.69. The first-order valence-electron chi connectivity index (χ1n) is 4.15. The summed E-state index contributed by atoms with van der Waals surface area (Å²) in [5, 5.41) is 9.69. The van der Waals surface area contributed by atoms with E-state index < -0.39 is 0 Å². The highest BCUT2D eigenvalue weighted by Gasteiger charge is 2.50. The van der Waals surface area contributed by atoms with Crippen molar-refractivity contribution in [1.82, 2.24) is 0 Å². The first kappa shape index (κ1) is 5.78. The quantitative estimate of drug-likeness (QED) is 0.592. The molecule has 1 aromatic rings. The van der Waals surface area contributed by atoms with E-state index in [1.165, 1.54) is 17.5 Å². The van der Waals surface area contributed by atoms with Crippen LogP contribution >= 0.6 is 0 Å².